The van der Waals surface area contributed by atoms with E-state index in [4.69, 9.17) is 20.9 Å². The molecular formula is C14H20N6O6. The molecule has 6 N–H and O–H groups in total. The van der Waals surface area contributed by atoms with Gasteiger partial charge in [-0.1, -0.05) is 0 Å². The van der Waals surface area contributed by atoms with Gasteiger partial charge in [-0.15, -0.1) is 0 Å². The first kappa shape index (κ1) is 20.6. The zero-order chi connectivity index (χ0) is 19.7. The number of hydrogen-bond acceptors (Lipinski definition) is 10. The van der Waals surface area contributed by atoms with E-state index in [0.29, 0.717) is 0 Å². The summed E-state index contributed by atoms with van der Waals surface area (Å²) in [5, 5.41) is 5.02. The van der Waals surface area contributed by atoms with E-state index in [0.717, 1.165) is 0 Å². The largest absolute Gasteiger partial charge is 0.465 e. The van der Waals surface area contributed by atoms with Crippen LogP contribution in [-0.4, -0.2) is 60.0 Å². The second-order valence-electron chi connectivity index (χ2n) is 4.66. The number of ether oxygens (including phenoxy) is 2. The molecule has 0 fully saturated rings. The highest BCUT2D eigenvalue weighted by molar-refractivity contribution is 6.00. The van der Waals surface area contributed by atoms with Gasteiger partial charge >= 0.3 is 11.9 Å². The summed E-state index contributed by atoms with van der Waals surface area (Å²) in [6.45, 7) is 2.91. The highest BCUT2D eigenvalue weighted by Crippen LogP contribution is 2.17. The fourth-order valence-corrected chi connectivity index (χ4v) is 1.76. The van der Waals surface area contributed by atoms with Crippen LogP contribution < -0.4 is 22.1 Å². The Labute approximate surface area is 148 Å². The molecule has 0 atom stereocenters. The predicted molar refractivity (Wildman–Crippen MR) is 89.3 cm³/mol. The van der Waals surface area contributed by atoms with Gasteiger partial charge in [-0.05, 0) is 13.8 Å². The molecule has 0 unspecified atom stereocenters. The first-order valence-electron chi connectivity index (χ1n) is 7.60. The molecule has 0 aromatic carbocycles. The van der Waals surface area contributed by atoms with E-state index in [-0.39, 0.29) is 49.3 Å². The van der Waals surface area contributed by atoms with Crippen LogP contribution in [0.4, 0.5) is 11.6 Å². The minimum Gasteiger partial charge on any atom is -0.465 e. The van der Waals surface area contributed by atoms with Gasteiger partial charge in [0.25, 0.3) is 11.8 Å². The normalized spacial score (nSPS) is 9.92. The quantitative estimate of drug-likeness (QED) is 0.358. The molecule has 142 valence electrons. The van der Waals surface area contributed by atoms with E-state index in [9.17, 15) is 19.2 Å². The van der Waals surface area contributed by atoms with Crippen LogP contribution >= 0.6 is 0 Å². The summed E-state index contributed by atoms with van der Waals surface area (Å²) in [7, 11) is 0. The van der Waals surface area contributed by atoms with Gasteiger partial charge in [0.05, 0.1) is 13.2 Å². The zero-order valence-corrected chi connectivity index (χ0v) is 14.3. The number of nitrogens with one attached hydrogen (secondary N) is 2. The summed E-state index contributed by atoms with van der Waals surface area (Å²) >= 11 is 0. The molecule has 0 aliphatic carbocycles. The van der Waals surface area contributed by atoms with Crippen LogP contribution in [0.1, 0.15) is 34.8 Å². The minimum atomic E-state index is -0.973. The van der Waals surface area contributed by atoms with Gasteiger partial charge in [-0.2, -0.15) is 0 Å². The number of nitrogens with zero attached hydrogens (tertiary/aromatic N) is 2. The Morgan fingerprint density at radius 3 is 1.42 bits per heavy atom. The number of aromatic nitrogens is 2. The average Bonchev–Trinajstić information content (AvgIpc) is 2.58. The van der Waals surface area contributed by atoms with Crippen molar-refractivity contribution < 1.29 is 28.7 Å². The Hall–Kier alpha value is -3.44. The number of primary amides is 2. The van der Waals surface area contributed by atoms with Crippen LogP contribution in [0.3, 0.4) is 0 Å². The number of anilines is 2. The van der Waals surface area contributed by atoms with E-state index in [1.54, 1.807) is 13.8 Å². The summed E-state index contributed by atoms with van der Waals surface area (Å²) in [4.78, 5) is 53.8. The lowest BCUT2D eigenvalue weighted by Gasteiger charge is -2.13. The van der Waals surface area contributed by atoms with Crippen LogP contribution in [0.5, 0.6) is 0 Å². The van der Waals surface area contributed by atoms with Crippen LogP contribution in [0, 0.1) is 0 Å². The van der Waals surface area contributed by atoms with Crippen LogP contribution in [-0.2, 0) is 19.1 Å². The van der Waals surface area contributed by atoms with Crippen molar-refractivity contribution in [3.05, 3.63) is 11.4 Å². The fourth-order valence-electron chi connectivity index (χ4n) is 1.76. The molecule has 0 aliphatic heterocycles. The van der Waals surface area contributed by atoms with Crippen LogP contribution in [0.25, 0.3) is 0 Å². The van der Waals surface area contributed by atoms with Gasteiger partial charge in [-0.25, -0.2) is 9.97 Å². The first-order chi connectivity index (χ1) is 12.3. The molecular weight excluding hydrogens is 348 g/mol. The summed E-state index contributed by atoms with van der Waals surface area (Å²) in [5.74, 6) is -3.62. The summed E-state index contributed by atoms with van der Waals surface area (Å²) in [6.07, 6.45) is 0. The van der Waals surface area contributed by atoms with Gasteiger partial charge in [0.15, 0.2) is 23.0 Å². The SMILES string of the molecule is CCOC(=O)CNc1nc(C(N)=O)c(NCC(=O)OCC)nc1C(N)=O. The van der Waals surface area contributed by atoms with Crippen LogP contribution in [0.15, 0.2) is 0 Å². The molecule has 1 rings (SSSR count). The first-order valence-corrected chi connectivity index (χ1v) is 7.60. The average molecular weight is 368 g/mol. The molecule has 0 aliphatic rings. The lowest BCUT2D eigenvalue weighted by molar-refractivity contribution is -0.141. The van der Waals surface area contributed by atoms with Gasteiger partial charge in [0.1, 0.15) is 13.1 Å². The second-order valence-corrected chi connectivity index (χ2v) is 4.66. The summed E-state index contributed by atoms with van der Waals surface area (Å²) in [5.41, 5.74) is 9.78. The highest BCUT2D eigenvalue weighted by Gasteiger charge is 2.21. The minimum absolute atomic E-state index is 0.165. The van der Waals surface area contributed by atoms with E-state index in [1.807, 2.05) is 0 Å². The third kappa shape index (κ3) is 5.89. The summed E-state index contributed by atoms with van der Waals surface area (Å²) < 4.78 is 9.46. The van der Waals surface area contributed by atoms with Gasteiger partial charge < -0.3 is 31.6 Å². The highest BCUT2D eigenvalue weighted by atomic mass is 16.5. The lowest BCUT2D eigenvalue weighted by Crippen LogP contribution is -2.27. The van der Waals surface area contributed by atoms with Crippen LogP contribution in [0.2, 0.25) is 0 Å². The Morgan fingerprint density at radius 2 is 1.15 bits per heavy atom. The van der Waals surface area contributed by atoms with Crippen molar-refractivity contribution in [1.29, 1.82) is 0 Å². The van der Waals surface area contributed by atoms with Crippen molar-refractivity contribution in [3.63, 3.8) is 0 Å². The van der Waals surface area contributed by atoms with Crippen molar-refractivity contribution in [2.45, 2.75) is 13.8 Å². The zero-order valence-electron chi connectivity index (χ0n) is 14.3. The Morgan fingerprint density at radius 1 is 0.808 bits per heavy atom. The molecule has 1 aromatic rings. The number of amides is 2. The van der Waals surface area contributed by atoms with Gasteiger partial charge in [-0.3, -0.25) is 19.2 Å². The maximum absolute atomic E-state index is 11.6. The molecule has 0 saturated heterocycles. The number of rotatable bonds is 10. The van der Waals surface area contributed by atoms with Crippen molar-refractivity contribution >= 4 is 35.4 Å². The molecule has 26 heavy (non-hydrogen) atoms. The monoisotopic (exact) mass is 368 g/mol. The molecule has 2 amide bonds. The maximum atomic E-state index is 11.6. The number of carbonyl (C=O) groups excluding carboxylic acids is 4. The molecule has 0 radical (unpaired) electrons. The smallest absolute Gasteiger partial charge is 0.325 e. The number of nitrogens with two attached hydrogens (primary N) is 2. The van der Waals surface area contributed by atoms with E-state index in [1.165, 1.54) is 0 Å². The van der Waals surface area contributed by atoms with Gasteiger partial charge in [0, 0.05) is 0 Å². The van der Waals surface area contributed by atoms with E-state index >= 15 is 0 Å². The molecule has 1 aromatic heterocycles. The second kappa shape index (κ2) is 9.76. The third-order valence-corrected chi connectivity index (χ3v) is 2.77. The van der Waals surface area contributed by atoms with E-state index in [2.05, 4.69) is 20.6 Å². The van der Waals surface area contributed by atoms with Crippen molar-refractivity contribution in [2.75, 3.05) is 36.9 Å². The van der Waals surface area contributed by atoms with Crippen molar-refractivity contribution in [1.82, 2.24) is 9.97 Å². The Kier molecular flexibility index (Phi) is 7.73. The Bertz CT molecular complexity index is 648. The third-order valence-electron chi connectivity index (χ3n) is 2.77. The maximum Gasteiger partial charge on any atom is 0.325 e. The molecule has 12 heteroatoms. The Balaban J connectivity index is 3.13. The number of hydrogen-bond donors (Lipinski definition) is 4. The molecule has 1 heterocycles. The summed E-state index contributed by atoms with van der Waals surface area (Å²) in [6, 6.07) is 0. The topological polar surface area (TPSA) is 189 Å². The standard InChI is InChI=1S/C14H20N6O6/c1-3-25-7(21)5-17-13-9(11(15)23)20-14(10(19-13)12(16)24)18-6-8(22)26-4-2/h3-6H2,1-2H3,(H2,15,23)(H2,16,24)(H,17,19)(H,18,20). The molecule has 12 nitrogen and oxygen atoms in total. The van der Waals surface area contributed by atoms with Gasteiger partial charge in [0.2, 0.25) is 0 Å². The van der Waals surface area contributed by atoms with Crippen molar-refractivity contribution in [2.24, 2.45) is 11.5 Å². The fraction of sp³-hybridized carbons (Fsp3) is 0.429. The molecule has 0 bridgehead atoms. The van der Waals surface area contributed by atoms with E-state index < -0.39 is 23.8 Å². The number of esters is 2. The van der Waals surface area contributed by atoms with Crippen molar-refractivity contribution in [3.8, 4) is 0 Å². The predicted octanol–water partition coefficient (Wildman–Crippen LogP) is -1.38. The molecule has 0 spiro atoms. The number of carbonyl (C=O) groups is 4. The molecule has 0 saturated carbocycles. The lowest BCUT2D eigenvalue weighted by atomic mass is 10.3.